The maximum absolute atomic E-state index is 14.8. The Morgan fingerprint density at radius 2 is 1.83 bits per heavy atom. The Bertz CT molecular complexity index is 1220. The van der Waals surface area contributed by atoms with Crippen molar-refractivity contribution in [3.05, 3.63) is 82.7 Å². The average molecular weight is 491 g/mol. The van der Waals surface area contributed by atoms with Crippen molar-refractivity contribution in [2.75, 3.05) is 6.54 Å². The third-order valence-corrected chi connectivity index (χ3v) is 7.91. The number of alkyl halides is 4. The fraction of sp³-hybridized carbons (Fsp3) is 0.462. The molecule has 0 amide bonds. The molecular weight excluding hydrogens is 463 g/mol. The summed E-state index contributed by atoms with van der Waals surface area (Å²) in [5.74, 6) is 0.517. The van der Waals surface area contributed by atoms with E-state index in [9.17, 15) is 22.0 Å². The lowest BCUT2D eigenvalue weighted by Crippen LogP contribution is -2.47. The Labute approximate surface area is 200 Å². The first-order valence-corrected chi connectivity index (χ1v) is 11.7. The highest BCUT2D eigenvalue weighted by molar-refractivity contribution is 5.46. The van der Waals surface area contributed by atoms with Gasteiger partial charge in [0.2, 0.25) is 5.67 Å². The summed E-state index contributed by atoms with van der Waals surface area (Å²) in [6.07, 6.45) is -0.794. The van der Waals surface area contributed by atoms with Crippen LogP contribution in [0.1, 0.15) is 47.8 Å². The van der Waals surface area contributed by atoms with Gasteiger partial charge >= 0.3 is 6.18 Å². The molecule has 1 saturated heterocycles. The summed E-state index contributed by atoms with van der Waals surface area (Å²) < 4.78 is 70.3. The van der Waals surface area contributed by atoms with Gasteiger partial charge in [0.05, 0.1) is 6.54 Å². The molecular formula is C26H27F5N4. The van der Waals surface area contributed by atoms with Gasteiger partial charge < -0.3 is 0 Å². The van der Waals surface area contributed by atoms with Gasteiger partial charge in [0.25, 0.3) is 0 Å². The molecule has 1 aliphatic heterocycles. The highest BCUT2D eigenvalue weighted by Crippen LogP contribution is 2.51. The minimum absolute atomic E-state index is 0.113. The molecule has 0 radical (unpaired) electrons. The monoisotopic (exact) mass is 490 g/mol. The molecule has 35 heavy (non-hydrogen) atoms. The van der Waals surface area contributed by atoms with E-state index in [1.807, 2.05) is 7.05 Å². The molecule has 1 unspecified atom stereocenters. The molecule has 3 aromatic rings. The Morgan fingerprint density at radius 1 is 1.09 bits per heavy atom. The molecule has 0 N–H and O–H groups in total. The zero-order valence-electron chi connectivity index (χ0n) is 19.6. The van der Waals surface area contributed by atoms with Gasteiger partial charge in [0.1, 0.15) is 18.0 Å². The molecule has 0 spiro atoms. The molecule has 1 aliphatic carbocycles. The topological polar surface area (TPSA) is 34.0 Å². The molecule has 0 bridgehead atoms. The van der Waals surface area contributed by atoms with E-state index >= 15 is 0 Å². The summed E-state index contributed by atoms with van der Waals surface area (Å²) in [7, 11) is 1.84. The quantitative estimate of drug-likeness (QED) is 0.449. The Balaban J connectivity index is 1.56. The van der Waals surface area contributed by atoms with Crippen LogP contribution < -0.4 is 0 Å². The van der Waals surface area contributed by atoms with Crippen molar-refractivity contribution in [2.24, 2.45) is 7.05 Å². The first-order valence-electron chi connectivity index (χ1n) is 11.7. The first kappa shape index (κ1) is 23.9. The molecule has 1 fully saturated rings. The van der Waals surface area contributed by atoms with Crippen molar-refractivity contribution in [3.8, 4) is 0 Å². The number of aryl methyl sites for hydroxylation is 2. The number of benzene rings is 2. The number of nitrogens with zero attached hydrogens (tertiary/aromatic N) is 4. The van der Waals surface area contributed by atoms with Gasteiger partial charge in [-0.15, -0.1) is 0 Å². The third kappa shape index (κ3) is 4.03. The van der Waals surface area contributed by atoms with Crippen LogP contribution in [0.4, 0.5) is 22.0 Å². The fourth-order valence-electron chi connectivity index (χ4n) is 5.92. The van der Waals surface area contributed by atoms with Gasteiger partial charge in [-0.3, -0.25) is 9.58 Å². The Morgan fingerprint density at radius 3 is 2.49 bits per heavy atom. The molecule has 9 heteroatoms. The van der Waals surface area contributed by atoms with Crippen LogP contribution in [0, 0.1) is 5.82 Å². The van der Waals surface area contributed by atoms with Crippen molar-refractivity contribution >= 4 is 0 Å². The standard InChI is InChI=1S/C26H27F5N4/c1-24(28,26(29,30)31)19-6-9-21-18(13-19)5-10-22-25(21,14-17-3-7-20(27)8-4-17)11-12-35(22)15-23-32-16-33-34(23)2/h3-4,6-9,13,16,22H,5,10-12,14-15H2,1-2H3/t22-,24?,25-/m1/s1. The number of halogens is 5. The van der Waals surface area contributed by atoms with E-state index < -0.39 is 11.8 Å². The molecule has 186 valence electrons. The first-order chi connectivity index (χ1) is 16.5. The van der Waals surface area contributed by atoms with E-state index in [1.54, 1.807) is 22.9 Å². The van der Waals surface area contributed by atoms with Gasteiger partial charge in [0.15, 0.2) is 0 Å². The molecule has 5 rings (SSSR count). The van der Waals surface area contributed by atoms with E-state index in [4.69, 9.17) is 0 Å². The molecule has 2 aromatic carbocycles. The number of hydrogen-bond acceptors (Lipinski definition) is 3. The minimum Gasteiger partial charge on any atom is -0.292 e. The molecule has 3 atom stereocenters. The van der Waals surface area contributed by atoms with Crippen LogP contribution in [0.2, 0.25) is 0 Å². The molecule has 1 aromatic heterocycles. The second-order valence-corrected chi connectivity index (χ2v) is 9.91. The summed E-state index contributed by atoms with van der Waals surface area (Å²) >= 11 is 0. The lowest BCUT2D eigenvalue weighted by atomic mass is 9.63. The van der Waals surface area contributed by atoms with Gasteiger partial charge in [-0.25, -0.2) is 13.8 Å². The van der Waals surface area contributed by atoms with Crippen LogP contribution in [-0.4, -0.2) is 38.4 Å². The van der Waals surface area contributed by atoms with Gasteiger partial charge in [0, 0.05) is 18.5 Å². The lowest BCUT2D eigenvalue weighted by Gasteiger charge is -2.44. The predicted molar refractivity (Wildman–Crippen MR) is 121 cm³/mol. The number of aromatic nitrogens is 3. The number of fused-ring (bicyclic) bond motifs is 3. The van der Waals surface area contributed by atoms with Crippen LogP contribution >= 0.6 is 0 Å². The van der Waals surface area contributed by atoms with Gasteiger partial charge in [-0.1, -0.05) is 30.3 Å². The maximum atomic E-state index is 14.8. The lowest BCUT2D eigenvalue weighted by molar-refractivity contribution is -0.228. The summed E-state index contributed by atoms with van der Waals surface area (Å²) in [5.41, 5.74) is -1.49. The van der Waals surface area contributed by atoms with E-state index in [0.717, 1.165) is 41.9 Å². The molecule has 2 aliphatic rings. The Kier molecular flexibility index (Phi) is 5.74. The second-order valence-electron chi connectivity index (χ2n) is 9.91. The largest absolute Gasteiger partial charge is 0.426 e. The zero-order chi connectivity index (χ0) is 25.0. The SMILES string of the molecule is Cn1ncnc1CN1CC[C@@]2(Cc3ccc(F)cc3)c3ccc(C(C)(F)C(F)(F)F)cc3CC[C@@H]12. The Hall–Kier alpha value is -2.81. The highest BCUT2D eigenvalue weighted by Gasteiger charge is 2.55. The summed E-state index contributed by atoms with van der Waals surface area (Å²) in [4.78, 5) is 6.72. The number of hydrogen-bond donors (Lipinski definition) is 0. The zero-order valence-corrected chi connectivity index (χ0v) is 19.6. The van der Waals surface area contributed by atoms with Crippen LogP contribution in [0.15, 0.2) is 48.8 Å². The molecule has 0 saturated carbocycles. The summed E-state index contributed by atoms with van der Waals surface area (Å²) in [6, 6.07) is 10.9. The van der Waals surface area contributed by atoms with E-state index in [1.165, 1.54) is 30.6 Å². The van der Waals surface area contributed by atoms with Crippen molar-refractivity contribution in [1.82, 2.24) is 19.7 Å². The normalized spacial score (nSPS) is 24.1. The van der Waals surface area contributed by atoms with Crippen molar-refractivity contribution in [1.29, 1.82) is 0 Å². The van der Waals surface area contributed by atoms with Crippen LogP contribution in [-0.2, 0) is 37.5 Å². The van der Waals surface area contributed by atoms with E-state index in [-0.39, 0.29) is 22.8 Å². The third-order valence-electron chi connectivity index (χ3n) is 7.91. The maximum Gasteiger partial charge on any atom is 0.426 e. The van der Waals surface area contributed by atoms with Crippen molar-refractivity contribution in [3.63, 3.8) is 0 Å². The minimum atomic E-state index is -5.00. The number of rotatable bonds is 5. The van der Waals surface area contributed by atoms with Gasteiger partial charge in [-0.05, 0) is 73.5 Å². The smallest absolute Gasteiger partial charge is 0.292 e. The van der Waals surface area contributed by atoms with Crippen molar-refractivity contribution < 1.29 is 22.0 Å². The van der Waals surface area contributed by atoms with Crippen molar-refractivity contribution in [2.45, 2.75) is 62.5 Å². The molecule has 2 heterocycles. The second kappa shape index (κ2) is 8.40. The van der Waals surface area contributed by atoms with Gasteiger partial charge in [-0.2, -0.15) is 18.3 Å². The van der Waals surface area contributed by atoms with Crippen LogP contribution in [0.25, 0.3) is 0 Å². The van der Waals surface area contributed by atoms with Crippen LogP contribution in [0.5, 0.6) is 0 Å². The fourth-order valence-corrected chi connectivity index (χ4v) is 5.92. The predicted octanol–water partition coefficient (Wildman–Crippen LogP) is 5.40. The van der Waals surface area contributed by atoms with Crippen LogP contribution in [0.3, 0.4) is 0 Å². The van der Waals surface area contributed by atoms with E-state index in [0.29, 0.717) is 26.3 Å². The number of likely N-dealkylation sites (tertiary alicyclic amines) is 1. The highest BCUT2D eigenvalue weighted by atomic mass is 19.4. The summed E-state index contributed by atoms with van der Waals surface area (Å²) in [5, 5.41) is 4.16. The average Bonchev–Trinajstić information content (AvgIpc) is 3.38. The van der Waals surface area contributed by atoms with E-state index in [2.05, 4.69) is 15.0 Å². The summed E-state index contributed by atoms with van der Waals surface area (Å²) in [6.45, 7) is 1.96. The molecule has 4 nitrogen and oxygen atoms in total.